The summed E-state index contributed by atoms with van der Waals surface area (Å²) in [6.45, 7) is 3.04. The SMILES string of the molecule is CNC(C)CNC(=O)c1cnc2c(cnn2Cc2ccc(OC)cc2OC)c1. The Labute approximate surface area is 163 Å². The molecule has 8 heteroatoms. The fourth-order valence-corrected chi connectivity index (χ4v) is 2.81. The Bertz CT molecular complexity index is 970. The van der Waals surface area contributed by atoms with Crippen molar-refractivity contribution in [2.24, 2.45) is 0 Å². The molecule has 0 saturated carbocycles. The van der Waals surface area contributed by atoms with Crippen LogP contribution in [0.5, 0.6) is 11.5 Å². The fourth-order valence-electron chi connectivity index (χ4n) is 2.81. The van der Waals surface area contributed by atoms with Crippen LogP contribution in [0.4, 0.5) is 0 Å². The highest BCUT2D eigenvalue weighted by molar-refractivity contribution is 5.96. The van der Waals surface area contributed by atoms with E-state index < -0.39 is 0 Å². The van der Waals surface area contributed by atoms with E-state index in [1.807, 2.05) is 32.2 Å². The first-order valence-electron chi connectivity index (χ1n) is 9.03. The van der Waals surface area contributed by atoms with Gasteiger partial charge in [-0.25, -0.2) is 9.67 Å². The Morgan fingerprint density at radius 2 is 2.04 bits per heavy atom. The smallest absolute Gasteiger partial charge is 0.252 e. The van der Waals surface area contributed by atoms with Gasteiger partial charge in [0.15, 0.2) is 5.65 Å². The molecule has 0 saturated heterocycles. The summed E-state index contributed by atoms with van der Waals surface area (Å²) in [6, 6.07) is 7.66. The Hall–Kier alpha value is -3.13. The van der Waals surface area contributed by atoms with Crippen LogP contribution in [0.3, 0.4) is 0 Å². The monoisotopic (exact) mass is 383 g/mol. The maximum Gasteiger partial charge on any atom is 0.252 e. The number of amides is 1. The molecule has 0 aliphatic carbocycles. The second-order valence-electron chi connectivity index (χ2n) is 6.52. The van der Waals surface area contributed by atoms with Gasteiger partial charge in [0.2, 0.25) is 0 Å². The molecule has 1 aromatic carbocycles. The molecule has 0 aliphatic heterocycles. The zero-order valence-corrected chi connectivity index (χ0v) is 16.5. The molecular weight excluding hydrogens is 358 g/mol. The molecule has 2 aromatic heterocycles. The molecule has 1 amide bonds. The van der Waals surface area contributed by atoms with Crippen molar-refractivity contribution in [3.8, 4) is 11.5 Å². The molecule has 1 atom stereocenters. The normalized spacial score (nSPS) is 12.0. The van der Waals surface area contributed by atoms with E-state index in [9.17, 15) is 4.79 Å². The minimum absolute atomic E-state index is 0.152. The van der Waals surface area contributed by atoms with Gasteiger partial charge in [-0.15, -0.1) is 0 Å². The molecule has 2 N–H and O–H groups in total. The summed E-state index contributed by atoms with van der Waals surface area (Å²) in [5.41, 5.74) is 2.17. The van der Waals surface area contributed by atoms with Crippen LogP contribution in [-0.2, 0) is 6.54 Å². The van der Waals surface area contributed by atoms with Gasteiger partial charge in [-0.2, -0.15) is 5.10 Å². The number of hydrogen-bond acceptors (Lipinski definition) is 6. The number of carbonyl (C=O) groups excluding carboxylic acids is 1. The average Bonchev–Trinajstić information content (AvgIpc) is 3.13. The number of ether oxygens (including phenoxy) is 2. The Morgan fingerprint density at radius 1 is 1.21 bits per heavy atom. The van der Waals surface area contributed by atoms with Crippen LogP contribution in [0.1, 0.15) is 22.8 Å². The van der Waals surface area contributed by atoms with Crippen LogP contribution in [0.15, 0.2) is 36.7 Å². The maximum absolute atomic E-state index is 12.3. The molecule has 0 fully saturated rings. The molecule has 0 bridgehead atoms. The highest BCUT2D eigenvalue weighted by atomic mass is 16.5. The van der Waals surface area contributed by atoms with Crippen LogP contribution in [0, 0.1) is 0 Å². The number of methoxy groups -OCH3 is 2. The van der Waals surface area contributed by atoms with Crippen molar-refractivity contribution >= 4 is 16.9 Å². The van der Waals surface area contributed by atoms with Crippen LogP contribution in [0.25, 0.3) is 11.0 Å². The lowest BCUT2D eigenvalue weighted by atomic mass is 10.2. The van der Waals surface area contributed by atoms with E-state index in [2.05, 4.69) is 20.7 Å². The molecule has 2 heterocycles. The first-order valence-corrected chi connectivity index (χ1v) is 9.03. The van der Waals surface area contributed by atoms with Gasteiger partial charge in [0.05, 0.1) is 32.5 Å². The third-order valence-corrected chi connectivity index (χ3v) is 4.61. The number of pyridine rings is 1. The van der Waals surface area contributed by atoms with Crippen LogP contribution < -0.4 is 20.1 Å². The van der Waals surface area contributed by atoms with Crippen LogP contribution in [-0.4, -0.2) is 54.5 Å². The first-order chi connectivity index (χ1) is 13.5. The number of hydrogen-bond donors (Lipinski definition) is 2. The fraction of sp³-hybridized carbons (Fsp3) is 0.350. The lowest BCUT2D eigenvalue weighted by Crippen LogP contribution is -2.37. The van der Waals surface area contributed by atoms with Gasteiger partial charge < -0.3 is 20.1 Å². The van der Waals surface area contributed by atoms with E-state index in [1.165, 1.54) is 0 Å². The van der Waals surface area contributed by atoms with Gasteiger partial charge in [-0.1, -0.05) is 0 Å². The Morgan fingerprint density at radius 3 is 2.75 bits per heavy atom. The standard InChI is InChI=1S/C20H25N5O3/c1-13(21-2)9-23-20(26)16-7-15-11-24-25(19(15)22-10-16)12-14-5-6-17(27-3)8-18(14)28-4/h5-8,10-11,13,21H,9,12H2,1-4H3,(H,23,26). The molecule has 8 nitrogen and oxygen atoms in total. The van der Waals surface area contributed by atoms with Crippen molar-refractivity contribution in [2.75, 3.05) is 27.8 Å². The second kappa shape index (κ2) is 8.71. The minimum atomic E-state index is -0.152. The van der Waals surface area contributed by atoms with Crippen molar-refractivity contribution in [3.05, 3.63) is 47.8 Å². The summed E-state index contributed by atoms with van der Waals surface area (Å²) >= 11 is 0. The number of nitrogens with one attached hydrogen (secondary N) is 2. The summed E-state index contributed by atoms with van der Waals surface area (Å²) < 4.78 is 12.5. The topological polar surface area (TPSA) is 90.3 Å². The first kappa shape index (κ1) is 19.6. The van der Waals surface area contributed by atoms with Gasteiger partial charge in [0.1, 0.15) is 11.5 Å². The number of aromatic nitrogens is 3. The average molecular weight is 383 g/mol. The molecule has 28 heavy (non-hydrogen) atoms. The van der Waals surface area contributed by atoms with Crippen molar-refractivity contribution in [2.45, 2.75) is 19.5 Å². The summed E-state index contributed by atoms with van der Waals surface area (Å²) in [5.74, 6) is 1.30. The molecule has 3 rings (SSSR count). The van der Waals surface area contributed by atoms with Crippen molar-refractivity contribution < 1.29 is 14.3 Å². The maximum atomic E-state index is 12.3. The van der Waals surface area contributed by atoms with E-state index in [0.717, 1.165) is 22.4 Å². The lowest BCUT2D eigenvalue weighted by molar-refractivity contribution is 0.0950. The minimum Gasteiger partial charge on any atom is -0.497 e. The molecular formula is C20H25N5O3. The molecule has 3 aromatic rings. The van der Waals surface area contributed by atoms with E-state index >= 15 is 0 Å². The quantitative estimate of drug-likeness (QED) is 0.617. The number of rotatable bonds is 8. The number of benzene rings is 1. The van der Waals surface area contributed by atoms with Gasteiger partial charge in [0.25, 0.3) is 5.91 Å². The Kier molecular flexibility index (Phi) is 6.10. The molecule has 0 spiro atoms. The van der Waals surface area contributed by atoms with Gasteiger partial charge in [0, 0.05) is 35.8 Å². The molecule has 148 valence electrons. The van der Waals surface area contributed by atoms with Gasteiger partial charge in [-0.05, 0) is 32.2 Å². The lowest BCUT2D eigenvalue weighted by Gasteiger charge is -2.12. The largest absolute Gasteiger partial charge is 0.497 e. The van der Waals surface area contributed by atoms with E-state index in [0.29, 0.717) is 24.3 Å². The highest BCUT2D eigenvalue weighted by Crippen LogP contribution is 2.26. The van der Waals surface area contributed by atoms with E-state index in [4.69, 9.17) is 9.47 Å². The van der Waals surface area contributed by atoms with Crippen LogP contribution >= 0.6 is 0 Å². The highest BCUT2D eigenvalue weighted by Gasteiger charge is 2.13. The van der Waals surface area contributed by atoms with E-state index in [1.54, 1.807) is 37.4 Å². The third-order valence-electron chi connectivity index (χ3n) is 4.61. The van der Waals surface area contributed by atoms with E-state index in [-0.39, 0.29) is 11.9 Å². The predicted molar refractivity (Wildman–Crippen MR) is 107 cm³/mol. The molecule has 0 aliphatic rings. The third kappa shape index (κ3) is 4.23. The number of likely N-dealkylation sites (N-methyl/N-ethyl adjacent to an activating group) is 1. The number of nitrogens with zero attached hydrogens (tertiary/aromatic N) is 3. The summed E-state index contributed by atoms with van der Waals surface area (Å²) in [6.07, 6.45) is 3.29. The van der Waals surface area contributed by atoms with Crippen molar-refractivity contribution in [1.82, 2.24) is 25.4 Å². The van der Waals surface area contributed by atoms with Crippen molar-refractivity contribution in [3.63, 3.8) is 0 Å². The van der Waals surface area contributed by atoms with Gasteiger partial charge >= 0.3 is 0 Å². The predicted octanol–water partition coefficient (Wildman–Crippen LogP) is 1.83. The summed E-state index contributed by atoms with van der Waals surface area (Å²) in [4.78, 5) is 16.8. The van der Waals surface area contributed by atoms with Gasteiger partial charge in [-0.3, -0.25) is 4.79 Å². The van der Waals surface area contributed by atoms with Crippen molar-refractivity contribution in [1.29, 1.82) is 0 Å². The second-order valence-corrected chi connectivity index (χ2v) is 6.52. The number of carbonyl (C=O) groups is 1. The summed E-state index contributed by atoms with van der Waals surface area (Å²) in [5, 5.41) is 11.2. The zero-order valence-electron chi connectivity index (χ0n) is 16.5. The molecule has 0 radical (unpaired) electrons. The zero-order chi connectivity index (χ0) is 20.1. The van der Waals surface area contributed by atoms with Crippen LogP contribution in [0.2, 0.25) is 0 Å². The Balaban J connectivity index is 1.80. The molecule has 1 unspecified atom stereocenters. The summed E-state index contributed by atoms with van der Waals surface area (Å²) in [7, 11) is 5.10. The number of fused-ring (bicyclic) bond motifs is 1.